The van der Waals surface area contributed by atoms with E-state index in [9.17, 15) is 9.59 Å². The number of nitrogens with zero attached hydrogens (tertiary/aromatic N) is 2. The highest BCUT2D eigenvalue weighted by Gasteiger charge is 2.13. The van der Waals surface area contributed by atoms with E-state index >= 15 is 0 Å². The molecule has 2 aromatic rings. The largest absolute Gasteiger partial charge is 0.339 e. The molecular weight excluding hydrogens is 326 g/mol. The molecule has 5 nitrogen and oxygen atoms in total. The molecule has 26 heavy (non-hydrogen) atoms. The highest BCUT2D eigenvalue weighted by molar-refractivity contribution is 5.97. The van der Waals surface area contributed by atoms with Crippen LogP contribution in [0.2, 0.25) is 0 Å². The lowest BCUT2D eigenvalue weighted by atomic mass is 10.1. The number of carbonyl (C=O) groups excluding carboxylic acids is 2. The summed E-state index contributed by atoms with van der Waals surface area (Å²) < 4.78 is 0. The van der Waals surface area contributed by atoms with Crippen LogP contribution in [0.5, 0.6) is 0 Å². The molecule has 0 aliphatic carbocycles. The third-order valence-corrected chi connectivity index (χ3v) is 4.15. The van der Waals surface area contributed by atoms with Crippen molar-refractivity contribution in [3.8, 4) is 0 Å². The second kappa shape index (κ2) is 9.73. The number of hydrogen-bond donors (Lipinski definition) is 1. The molecule has 0 fully saturated rings. The predicted molar refractivity (Wildman–Crippen MR) is 105 cm³/mol. The molecule has 2 rings (SSSR count). The van der Waals surface area contributed by atoms with Crippen molar-refractivity contribution in [1.82, 2.24) is 9.80 Å². The Morgan fingerprint density at radius 2 is 1.65 bits per heavy atom. The van der Waals surface area contributed by atoms with E-state index in [4.69, 9.17) is 0 Å². The van der Waals surface area contributed by atoms with Crippen LogP contribution in [-0.2, 0) is 11.3 Å². The molecule has 5 heteroatoms. The molecule has 0 unspecified atom stereocenters. The van der Waals surface area contributed by atoms with E-state index in [1.54, 1.807) is 29.2 Å². The second-order valence-electron chi connectivity index (χ2n) is 6.26. The zero-order valence-corrected chi connectivity index (χ0v) is 15.7. The summed E-state index contributed by atoms with van der Waals surface area (Å²) in [5.41, 5.74) is 2.39. The van der Waals surface area contributed by atoms with Crippen LogP contribution >= 0.6 is 0 Å². The fourth-order valence-corrected chi connectivity index (χ4v) is 2.82. The van der Waals surface area contributed by atoms with Crippen molar-refractivity contribution in [3.63, 3.8) is 0 Å². The molecule has 0 aliphatic rings. The fourth-order valence-electron chi connectivity index (χ4n) is 2.82. The third-order valence-electron chi connectivity index (χ3n) is 4.15. The third kappa shape index (κ3) is 5.70. The SMILES string of the molecule is CCN(CC)C(=O)c1cccc(NC(=O)CN(C)Cc2ccccc2)c1. The van der Waals surface area contributed by atoms with Crippen molar-refractivity contribution in [2.24, 2.45) is 0 Å². The molecule has 0 spiro atoms. The van der Waals surface area contributed by atoms with Crippen LogP contribution in [0, 0.1) is 0 Å². The average molecular weight is 353 g/mol. The highest BCUT2D eigenvalue weighted by Crippen LogP contribution is 2.13. The summed E-state index contributed by atoms with van der Waals surface area (Å²) in [5.74, 6) is -0.122. The smallest absolute Gasteiger partial charge is 0.253 e. The van der Waals surface area contributed by atoms with E-state index in [1.807, 2.05) is 56.1 Å². The summed E-state index contributed by atoms with van der Waals surface area (Å²) >= 11 is 0. The van der Waals surface area contributed by atoms with Crippen LogP contribution in [0.3, 0.4) is 0 Å². The lowest BCUT2D eigenvalue weighted by Gasteiger charge is -2.19. The van der Waals surface area contributed by atoms with E-state index < -0.39 is 0 Å². The Hall–Kier alpha value is -2.66. The Kier molecular flexibility index (Phi) is 7.36. The number of carbonyl (C=O) groups is 2. The van der Waals surface area contributed by atoms with Gasteiger partial charge in [0.05, 0.1) is 6.54 Å². The van der Waals surface area contributed by atoms with Crippen molar-refractivity contribution in [1.29, 1.82) is 0 Å². The molecule has 0 atom stereocenters. The van der Waals surface area contributed by atoms with Gasteiger partial charge in [0.15, 0.2) is 0 Å². The predicted octanol–water partition coefficient (Wildman–Crippen LogP) is 3.24. The quantitative estimate of drug-likeness (QED) is 0.793. The molecular formula is C21H27N3O2. The number of anilines is 1. The molecule has 0 aliphatic heterocycles. The fraction of sp³-hybridized carbons (Fsp3) is 0.333. The molecule has 0 heterocycles. The summed E-state index contributed by atoms with van der Waals surface area (Å²) in [7, 11) is 1.91. The van der Waals surface area contributed by atoms with Gasteiger partial charge in [-0.15, -0.1) is 0 Å². The van der Waals surface area contributed by atoms with Gasteiger partial charge in [0.2, 0.25) is 5.91 Å². The number of hydrogen-bond acceptors (Lipinski definition) is 3. The molecule has 138 valence electrons. The molecule has 0 aromatic heterocycles. The van der Waals surface area contributed by atoms with E-state index in [-0.39, 0.29) is 18.4 Å². The number of rotatable bonds is 8. The summed E-state index contributed by atoms with van der Waals surface area (Å²) in [6, 6.07) is 17.1. The topological polar surface area (TPSA) is 52.7 Å². The van der Waals surface area contributed by atoms with Gasteiger partial charge in [-0.25, -0.2) is 0 Å². The Labute approximate surface area is 155 Å². The first-order chi connectivity index (χ1) is 12.5. The van der Waals surface area contributed by atoms with Crippen LogP contribution in [0.1, 0.15) is 29.8 Å². The monoisotopic (exact) mass is 353 g/mol. The molecule has 2 aromatic carbocycles. The lowest BCUT2D eigenvalue weighted by molar-refractivity contribution is -0.117. The summed E-state index contributed by atoms with van der Waals surface area (Å²) in [6.45, 7) is 6.22. The summed E-state index contributed by atoms with van der Waals surface area (Å²) in [4.78, 5) is 28.4. The van der Waals surface area contributed by atoms with Gasteiger partial charge in [0, 0.05) is 30.9 Å². The maximum Gasteiger partial charge on any atom is 0.253 e. The van der Waals surface area contributed by atoms with E-state index in [2.05, 4.69) is 5.32 Å². The molecule has 2 amide bonds. The van der Waals surface area contributed by atoms with Crippen molar-refractivity contribution < 1.29 is 9.59 Å². The van der Waals surface area contributed by atoms with Gasteiger partial charge in [-0.1, -0.05) is 36.4 Å². The summed E-state index contributed by atoms with van der Waals surface area (Å²) in [5, 5.41) is 2.88. The Balaban J connectivity index is 1.94. The minimum absolute atomic E-state index is 0.0210. The summed E-state index contributed by atoms with van der Waals surface area (Å²) in [6.07, 6.45) is 0. The normalized spacial score (nSPS) is 10.6. The number of nitrogens with one attached hydrogen (secondary N) is 1. The van der Waals surface area contributed by atoms with Gasteiger partial charge in [0.1, 0.15) is 0 Å². The highest BCUT2D eigenvalue weighted by atomic mass is 16.2. The van der Waals surface area contributed by atoms with Crippen LogP contribution in [0.15, 0.2) is 54.6 Å². The van der Waals surface area contributed by atoms with Gasteiger partial charge in [-0.3, -0.25) is 14.5 Å². The zero-order chi connectivity index (χ0) is 18.9. The van der Waals surface area contributed by atoms with Gasteiger partial charge in [0.25, 0.3) is 5.91 Å². The Morgan fingerprint density at radius 1 is 0.962 bits per heavy atom. The van der Waals surface area contributed by atoms with Crippen LogP contribution in [0.25, 0.3) is 0 Å². The minimum atomic E-state index is -0.101. The van der Waals surface area contributed by atoms with Crippen LogP contribution in [0.4, 0.5) is 5.69 Å². The van der Waals surface area contributed by atoms with Crippen LogP contribution in [-0.4, -0.2) is 48.3 Å². The van der Waals surface area contributed by atoms with Gasteiger partial charge >= 0.3 is 0 Å². The number of amides is 2. The van der Waals surface area contributed by atoms with Crippen molar-refractivity contribution in [2.45, 2.75) is 20.4 Å². The second-order valence-corrected chi connectivity index (χ2v) is 6.26. The zero-order valence-electron chi connectivity index (χ0n) is 15.7. The van der Waals surface area contributed by atoms with Gasteiger partial charge in [-0.05, 0) is 44.7 Å². The standard InChI is InChI=1S/C21H27N3O2/c1-4-24(5-2)21(26)18-12-9-13-19(14-18)22-20(25)16-23(3)15-17-10-7-6-8-11-17/h6-14H,4-5,15-16H2,1-3H3,(H,22,25). The van der Waals surface area contributed by atoms with Gasteiger partial charge < -0.3 is 10.2 Å². The van der Waals surface area contributed by atoms with E-state index in [0.29, 0.717) is 30.9 Å². The minimum Gasteiger partial charge on any atom is -0.339 e. The maximum absolute atomic E-state index is 12.4. The van der Waals surface area contributed by atoms with E-state index in [1.165, 1.54) is 0 Å². The average Bonchev–Trinajstić information content (AvgIpc) is 2.63. The molecule has 0 radical (unpaired) electrons. The number of likely N-dealkylation sites (N-methyl/N-ethyl adjacent to an activating group) is 1. The van der Waals surface area contributed by atoms with Crippen molar-refractivity contribution in [2.75, 3.05) is 32.0 Å². The van der Waals surface area contributed by atoms with Crippen LogP contribution < -0.4 is 5.32 Å². The Bertz CT molecular complexity index is 727. The molecule has 0 bridgehead atoms. The van der Waals surface area contributed by atoms with E-state index in [0.717, 1.165) is 5.56 Å². The van der Waals surface area contributed by atoms with Gasteiger partial charge in [-0.2, -0.15) is 0 Å². The molecule has 0 saturated heterocycles. The van der Waals surface area contributed by atoms with Crippen molar-refractivity contribution in [3.05, 3.63) is 65.7 Å². The first-order valence-electron chi connectivity index (χ1n) is 8.95. The maximum atomic E-state index is 12.4. The number of benzene rings is 2. The first-order valence-corrected chi connectivity index (χ1v) is 8.95. The molecule has 1 N–H and O–H groups in total. The Morgan fingerprint density at radius 3 is 2.31 bits per heavy atom. The molecule has 0 saturated carbocycles. The first kappa shape index (κ1) is 19.7. The lowest BCUT2D eigenvalue weighted by Crippen LogP contribution is -2.31. The van der Waals surface area contributed by atoms with Crippen molar-refractivity contribution >= 4 is 17.5 Å².